The molecule has 0 aliphatic heterocycles. The molecule has 0 amide bonds. The number of halogens is 1. The molecule has 142 valence electrons. The molecular weight excluding hydrogens is 345 g/mol. The Bertz CT molecular complexity index is 939. The maximum Gasteiger partial charge on any atom is 0.247 e. The Morgan fingerprint density at radius 1 is 1.11 bits per heavy atom. The molecule has 6 nitrogen and oxygen atoms in total. The topological polar surface area (TPSA) is 74.5 Å². The summed E-state index contributed by atoms with van der Waals surface area (Å²) < 4.78 is 15.6. The predicted octanol–water partition coefficient (Wildman–Crippen LogP) is 3.94. The third-order valence-electron chi connectivity index (χ3n) is 5.10. The van der Waals surface area contributed by atoms with Crippen molar-refractivity contribution in [3.05, 3.63) is 47.3 Å². The van der Waals surface area contributed by atoms with Crippen LogP contribution in [0.5, 0.6) is 0 Å². The summed E-state index contributed by atoms with van der Waals surface area (Å²) in [6, 6.07) is 9.64. The van der Waals surface area contributed by atoms with Crippen LogP contribution in [-0.4, -0.2) is 31.9 Å². The van der Waals surface area contributed by atoms with Gasteiger partial charge >= 0.3 is 0 Å². The van der Waals surface area contributed by atoms with Gasteiger partial charge in [0, 0.05) is 11.7 Å². The number of aliphatic hydroxyl groups is 1. The Balaban J connectivity index is 1.57. The number of fused-ring (bicyclic) bond motifs is 1. The molecule has 3 aromatic rings. The fourth-order valence-electron chi connectivity index (χ4n) is 3.64. The number of aryl methyl sites for hydroxylation is 2. The van der Waals surface area contributed by atoms with Gasteiger partial charge in [-0.2, -0.15) is 9.50 Å². The van der Waals surface area contributed by atoms with E-state index < -0.39 is 0 Å². The Morgan fingerprint density at radius 3 is 2.52 bits per heavy atom. The molecule has 1 aromatic carbocycles. The second-order valence-corrected chi connectivity index (χ2v) is 7.32. The minimum atomic E-state index is -0.187. The summed E-state index contributed by atoms with van der Waals surface area (Å²) >= 11 is 0. The van der Waals surface area contributed by atoms with Crippen LogP contribution in [0.25, 0.3) is 5.65 Å². The number of rotatable bonds is 4. The largest absolute Gasteiger partial charge is 0.393 e. The lowest BCUT2D eigenvalue weighted by Gasteiger charge is -2.26. The van der Waals surface area contributed by atoms with Crippen LogP contribution in [0.4, 0.5) is 21.8 Å². The number of anilines is 3. The molecule has 0 radical (unpaired) electrons. The fourth-order valence-corrected chi connectivity index (χ4v) is 3.64. The number of hydrogen-bond donors (Lipinski definition) is 3. The van der Waals surface area contributed by atoms with E-state index in [1.54, 1.807) is 30.5 Å². The van der Waals surface area contributed by atoms with E-state index in [2.05, 4.69) is 20.7 Å². The lowest BCUT2D eigenvalue weighted by atomic mass is 9.93. The lowest BCUT2D eigenvalue weighted by molar-refractivity contribution is 0.126. The maximum absolute atomic E-state index is 13.8. The van der Waals surface area contributed by atoms with Gasteiger partial charge in [0.1, 0.15) is 11.6 Å². The summed E-state index contributed by atoms with van der Waals surface area (Å²) in [7, 11) is 0. The van der Waals surface area contributed by atoms with Crippen molar-refractivity contribution in [1.82, 2.24) is 14.6 Å². The summed E-state index contributed by atoms with van der Waals surface area (Å²) in [6.45, 7) is 3.49. The van der Waals surface area contributed by atoms with Gasteiger partial charge < -0.3 is 15.7 Å². The Labute approximate surface area is 157 Å². The van der Waals surface area contributed by atoms with Crippen LogP contribution in [0.3, 0.4) is 0 Å². The number of hydrogen-bond acceptors (Lipinski definition) is 5. The highest BCUT2D eigenvalue weighted by molar-refractivity contribution is 5.59. The molecule has 2 heterocycles. The van der Waals surface area contributed by atoms with Crippen LogP contribution >= 0.6 is 0 Å². The zero-order chi connectivity index (χ0) is 19.0. The number of nitrogens with zero attached hydrogens (tertiary/aromatic N) is 3. The van der Waals surface area contributed by atoms with Crippen molar-refractivity contribution in [1.29, 1.82) is 0 Å². The van der Waals surface area contributed by atoms with Gasteiger partial charge in [-0.3, -0.25) is 0 Å². The molecule has 0 bridgehead atoms. The van der Waals surface area contributed by atoms with Crippen molar-refractivity contribution in [3.8, 4) is 0 Å². The van der Waals surface area contributed by atoms with E-state index in [4.69, 9.17) is 0 Å². The molecular formula is C20H24FN5O. The van der Waals surface area contributed by atoms with Gasteiger partial charge in [-0.25, -0.2) is 4.39 Å². The highest BCUT2D eigenvalue weighted by atomic mass is 19.1. The molecule has 1 aliphatic rings. The molecule has 1 aliphatic carbocycles. The summed E-state index contributed by atoms with van der Waals surface area (Å²) in [6.07, 6.45) is 3.34. The molecule has 0 spiro atoms. The minimum Gasteiger partial charge on any atom is -0.393 e. The third-order valence-corrected chi connectivity index (χ3v) is 5.10. The first-order valence-electron chi connectivity index (χ1n) is 9.34. The zero-order valence-corrected chi connectivity index (χ0v) is 15.5. The first kappa shape index (κ1) is 17.7. The lowest BCUT2D eigenvalue weighted by Crippen LogP contribution is -2.29. The monoisotopic (exact) mass is 369 g/mol. The van der Waals surface area contributed by atoms with E-state index in [0.29, 0.717) is 23.1 Å². The number of aliphatic hydroxyl groups excluding tert-OH is 1. The van der Waals surface area contributed by atoms with E-state index in [1.165, 1.54) is 0 Å². The van der Waals surface area contributed by atoms with Gasteiger partial charge in [0.15, 0.2) is 5.65 Å². The first-order chi connectivity index (χ1) is 13.0. The SMILES string of the molecule is Cc1cc(Nc2nc3cccc(N[C@H]4CC[C@@H](O)CC4)n3n2)cc(C)c1F. The summed E-state index contributed by atoms with van der Waals surface area (Å²) in [5, 5.41) is 20.9. The van der Waals surface area contributed by atoms with Gasteiger partial charge in [0.25, 0.3) is 0 Å². The highest BCUT2D eigenvalue weighted by Gasteiger charge is 2.20. The van der Waals surface area contributed by atoms with Crippen molar-refractivity contribution in [2.45, 2.75) is 51.7 Å². The Kier molecular flexibility index (Phi) is 4.70. The van der Waals surface area contributed by atoms with E-state index in [-0.39, 0.29) is 11.9 Å². The normalized spacial score (nSPS) is 20.0. The van der Waals surface area contributed by atoms with Crippen LogP contribution < -0.4 is 10.6 Å². The minimum absolute atomic E-state index is 0.177. The van der Waals surface area contributed by atoms with Gasteiger partial charge in [0.05, 0.1) is 6.10 Å². The van der Waals surface area contributed by atoms with Gasteiger partial charge in [-0.05, 0) is 74.9 Å². The van der Waals surface area contributed by atoms with Crippen LogP contribution in [-0.2, 0) is 0 Å². The summed E-state index contributed by atoms with van der Waals surface area (Å²) in [4.78, 5) is 4.52. The average Bonchev–Trinajstić information content (AvgIpc) is 3.05. The van der Waals surface area contributed by atoms with Crippen molar-refractivity contribution in [3.63, 3.8) is 0 Å². The van der Waals surface area contributed by atoms with Gasteiger partial charge in [0.2, 0.25) is 5.95 Å². The second kappa shape index (κ2) is 7.15. The molecule has 0 unspecified atom stereocenters. The Morgan fingerprint density at radius 2 is 1.81 bits per heavy atom. The number of pyridine rings is 1. The molecule has 1 saturated carbocycles. The van der Waals surface area contributed by atoms with E-state index in [9.17, 15) is 9.50 Å². The van der Waals surface area contributed by atoms with Crippen LogP contribution in [0, 0.1) is 19.7 Å². The smallest absolute Gasteiger partial charge is 0.247 e. The van der Waals surface area contributed by atoms with Crippen LogP contribution in [0.1, 0.15) is 36.8 Å². The van der Waals surface area contributed by atoms with Crippen molar-refractivity contribution in [2.24, 2.45) is 0 Å². The predicted molar refractivity (Wildman–Crippen MR) is 104 cm³/mol. The average molecular weight is 369 g/mol. The summed E-state index contributed by atoms with van der Waals surface area (Å²) in [5.74, 6) is 1.15. The third kappa shape index (κ3) is 3.73. The van der Waals surface area contributed by atoms with E-state index in [0.717, 1.165) is 42.8 Å². The van der Waals surface area contributed by atoms with E-state index >= 15 is 0 Å². The molecule has 0 atom stereocenters. The standard InChI is InChI=1S/C20H24FN5O/c1-12-10-15(11-13(2)19(12)21)23-20-24-18-5-3-4-17(26(18)25-20)22-14-6-8-16(27)9-7-14/h3-5,10-11,14,16,22,27H,6-9H2,1-2H3,(H,23,25)/t14-,16+. The molecule has 3 N–H and O–H groups in total. The summed E-state index contributed by atoms with van der Waals surface area (Å²) in [5.41, 5.74) is 2.66. The Hall–Kier alpha value is -2.67. The first-order valence-corrected chi connectivity index (χ1v) is 9.34. The van der Waals surface area contributed by atoms with Crippen molar-refractivity contribution >= 4 is 23.1 Å². The van der Waals surface area contributed by atoms with E-state index in [1.807, 2.05) is 18.2 Å². The molecule has 2 aromatic heterocycles. The quantitative estimate of drug-likeness (QED) is 0.649. The molecule has 1 fully saturated rings. The van der Waals surface area contributed by atoms with Gasteiger partial charge in [-0.15, -0.1) is 5.10 Å². The van der Waals surface area contributed by atoms with Crippen molar-refractivity contribution < 1.29 is 9.50 Å². The molecule has 27 heavy (non-hydrogen) atoms. The maximum atomic E-state index is 13.8. The fraction of sp³-hybridized carbons (Fsp3) is 0.400. The van der Waals surface area contributed by atoms with Crippen LogP contribution in [0.15, 0.2) is 30.3 Å². The van der Waals surface area contributed by atoms with Gasteiger partial charge in [-0.1, -0.05) is 6.07 Å². The second-order valence-electron chi connectivity index (χ2n) is 7.32. The number of aromatic nitrogens is 3. The number of benzene rings is 1. The zero-order valence-electron chi connectivity index (χ0n) is 15.5. The van der Waals surface area contributed by atoms with Crippen LogP contribution in [0.2, 0.25) is 0 Å². The highest BCUT2D eigenvalue weighted by Crippen LogP contribution is 2.24. The molecule has 4 rings (SSSR count). The molecule has 7 heteroatoms. The van der Waals surface area contributed by atoms with Crippen molar-refractivity contribution in [2.75, 3.05) is 10.6 Å². The molecule has 0 saturated heterocycles. The number of nitrogens with one attached hydrogen (secondary N) is 2.